The van der Waals surface area contributed by atoms with Gasteiger partial charge in [-0.2, -0.15) is 5.10 Å². The summed E-state index contributed by atoms with van der Waals surface area (Å²) >= 11 is 0. The zero-order valence-electron chi connectivity index (χ0n) is 19.3. The molecule has 35 heavy (non-hydrogen) atoms. The van der Waals surface area contributed by atoms with Gasteiger partial charge in [-0.15, -0.1) is 0 Å². The summed E-state index contributed by atoms with van der Waals surface area (Å²) in [5.41, 5.74) is 2.52. The fourth-order valence-electron chi connectivity index (χ4n) is 3.58. The first-order valence-corrected chi connectivity index (χ1v) is 11.1. The highest BCUT2D eigenvalue weighted by atomic mass is 19.1. The molecule has 3 amide bonds. The molecule has 3 N–H and O–H groups in total. The Hall–Kier alpha value is -4.47. The molecule has 0 saturated heterocycles. The summed E-state index contributed by atoms with van der Waals surface area (Å²) in [6, 6.07) is 16.4. The number of urea groups is 1. The van der Waals surface area contributed by atoms with Gasteiger partial charge in [0, 0.05) is 11.9 Å². The van der Waals surface area contributed by atoms with Crippen LogP contribution in [0.5, 0.6) is 0 Å². The summed E-state index contributed by atoms with van der Waals surface area (Å²) in [6.07, 6.45) is 1.01. The molecular formula is C25H25FN6O3. The van der Waals surface area contributed by atoms with Crippen molar-refractivity contribution in [3.8, 4) is 5.69 Å². The van der Waals surface area contributed by atoms with Crippen molar-refractivity contribution in [3.05, 3.63) is 83.9 Å². The quantitative estimate of drug-likeness (QED) is 0.359. The van der Waals surface area contributed by atoms with E-state index in [1.165, 1.54) is 12.1 Å². The van der Waals surface area contributed by atoms with Crippen molar-refractivity contribution in [3.63, 3.8) is 0 Å². The van der Waals surface area contributed by atoms with E-state index in [0.29, 0.717) is 28.8 Å². The van der Waals surface area contributed by atoms with Crippen LogP contribution in [0, 0.1) is 5.82 Å². The van der Waals surface area contributed by atoms with E-state index >= 15 is 0 Å². The first-order valence-electron chi connectivity index (χ1n) is 11.1. The standard InChI is InChI=1S/C25H25FN6O3/c1-3-27-25(34)35-15-21-23-18(14-28-32(23)20-11-9-19(26)10-12-20)13-22(30-21)31-24(33)29-16(2)17-7-5-4-6-8-17/h4-14,16H,3,15H2,1-2H3,(H,27,34)(H2,29,30,31,33). The van der Waals surface area contributed by atoms with Crippen LogP contribution in [0.4, 0.5) is 19.8 Å². The molecule has 0 radical (unpaired) electrons. The zero-order chi connectivity index (χ0) is 24.8. The van der Waals surface area contributed by atoms with E-state index in [4.69, 9.17) is 4.74 Å². The van der Waals surface area contributed by atoms with Crippen molar-refractivity contribution < 1.29 is 18.7 Å². The Morgan fingerprint density at radius 1 is 1.11 bits per heavy atom. The van der Waals surface area contributed by atoms with E-state index in [1.807, 2.05) is 37.3 Å². The second-order valence-electron chi connectivity index (χ2n) is 7.76. The van der Waals surface area contributed by atoms with Crippen LogP contribution < -0.4 is 16.0 Å². The molecule has 180 valence electrons. The second-order valence-corrected chi connectivity index (χ2v) is 7.76. The molecule has 0 aliphatic rings. The number of anilines is 1. The Balaban J connectivity index is 1.62. The van der Waals surface area contributed by atoms with Gasteiger partial charge in [-0.1, -0.05) is 30.3 Å². The second kappa shape index (κ2) is 10.6. The topological polar surface area (TPSA) is 110 Å². The van der Waals surface area contributed by atoms with Gasteiger partial charge in [-0.25, -0.2) is 23.6 Å². The van der Waals surface area contributed by atoms with Crippen LogP contribution in [0.3, 0.4) is 0 Å². The first-order chi connectivity index (χ1) is 16.9. The molecule has 1 atom stereocenters. The van der Waals surface area contributed by atoms with E-state index in [2.05, 4.69) is 26.0 Å². The third kappa shape index (κ3) is 5.72. The summed E-state index contributed by atoms with van der Waals surface area (Å²) in [7, 11) is 0. The lowest BCUT2D eigenvalue weighted by atomic mass is 10.1. The van der Waals surface area contributed by atoms with Crippen molar-refractivity contribution in [2.75, 3.05) is 11.9 Å². The van der Waals surface area contributed by atoms with Gasteiger partial charge in [0.05, 0.1) is 23.4 Å². The molecule has 0 aliphatic heterocycles. The number of nitrogens with zero attached hydrogens (tertiary/aromatic N) is 3. The van der Waals surface area contributed by atoms with Gasteiger partial charge in [-0.3, -0.25) is 5.32 Å². The maximum absolute atomic E-state index is 13.4. The van der Waals surface area contributed by atoms with E-state index in [-0.39, 0.29) is 24.3 Å². The molecule has 9 nitrogen and oxygen atoms in total. The molecule has 0 saturated carbocycles. The minimum atomic E-state index is -0.594. The average Bonchev–Trinajstić information content (AvgIpc) is 3.28. The number of nitrogens with one attached hydrogen (secondary N) is 3. The van der Waals surface area contributed by atoms with Gasteiger partial charge < -0.3 is 15.4 Å². The normalized spacial score (nSPS) is 11.6. The van der Waals surface area contributed by atoms with Crippen LogP contribution in [0.2, 0.25) is 0 Å². The third-order valence-corrected chi connectivity index (χ3v) is 5.24. The van der Waals surface area contributed by atoms with Gasteiger partial charge in [0.2, 0.25) is 0 Å². The molecule has 1 unspecified atom stereocenters. The predicted octanol–water partition coefficient (Wildman–Crippen LogP) is 4.69. The number of rotatable bonds is 7. The number of fused-ring (bicyclic) bond motifs is 1. The van der Waals surface area contributed by atoms with E-state index < -0.39 is 12.1 Å². The Labute approximate surface area is 201 Å². The van der Waals surface area contributed by atoms with Crippen molar-refractivity contribution in [1.82, 2.24) is 25.4 Å². The molecule has 2 heterocycles. The maximum atomic E-state index is 13.4. The average molecular weight is 477 g/mol. The first kappa shape index (κ1) is 23.7. The maximum Gasteiger partial charge on any atom is 0.407 e. The van der Waals surface area contributed by atoms with Crippen molar-refractivity contribution in [2.24, 2.45) is 0 Å². The molecule has 10 heteroatoms. The highest BCUT2D eigenvalue weighted by Crippen LogP contribution is 2.25. The molecular weight excluding hydrogens is 451 g/mol. The minimum Gasteiger partial charge on any atom is -0.443 e. The predicted molar refractivity (Wildman–Crippen MR) is 130 cm³/mol. The molecule has 4 aromatic rings. The Morgan fingerprint density at radius 3 is 2.57 bits per heavy atom. The zero-order valence-corrected chi connectivity index (χ0v) is 19.3. The number of hydrogen-bond acceptors (Lipinski definition) is 5. The number of benzene rings is 2. The summed E-state index contributed by atoms with van der Waals surface area (Å²) in [6.45, 7) is 3.91. The van der Waals surface area contributed by atoms with Crippen LogP contribution >= 0.6 is 0 Å². The van der Waals surface area contributed by atoms with E-state index in [9.17, 15) is 14.0 Å². The lowest BCUT2D eigenvalue weighted by molar-refractivity contribution is 0.139. The van der Waals surface area contributed by atoms with Gasteiger partial charge >= 0.3 is 12.1 Å². The van der Waals surface area contributed by atoms with Crippen molar-refractivity contribution >= 4 is 28.8 Å². The Morgan fingerprint density at radius 2 is 1.86 bits per heavy atom. The van der Waals surface area contributed by atoms with Gasteiger partial charge in [0.15, 0.2) is 0 Å². The molecule has 2 aromatic heterocycles. The molecule has 2 aromatic carbocycles. The molecule has 0 bridgehead atoms. The monoisotopic (exact) mass is 476 g/mol. The molecule has 0 fully saturated rings. The van der Waals surface area contributed by atoms with Gasteiger partial charge in [0.25, 0.3) is 0 Å². The Kier molecular flexibility index (Phi) is 7.20. The summed E-state index contributed by atoms with van der Waals surface area (Å²) in [4.78, 5) is 29.1. The fraction of sp³-hybridized carbons (Fsp3) is 0.200. The van der Waals surface area contributed by atoms with Crippen molar-refractivity contribution in [1.29, 1.82) is 0 Å². The number of hydrogen-bond donors (Lipinski definition) is 3. The lowest BCUT2D eigenvalue weighted by Crippen LogP contribution is -2.31. The van der Waals surface area contributed by atoms with Gasteiger partial charge in [0.1, 0.15) is 23.9 Å². The smallest absolute Gasteiger partial charge is 0.407 e. The number of halogens is 1. The number of ether oxygens (including phenoxy) is 1. The summed E-state index contributed by atoms with van der Waals surface area (Å²) < 4.78 is 20.3. The fourth-order valence-corrected chi connectivity index (χ4v) is 3.58. The largest absolute Gasteiger partial charge is 0.443 e. The van der Waals surface area contributed by atoms with Crippen molar-refractivity contribution in [2.45, 2.75) is 26.5 Å². The SMILES string of the molecule is CCNC(=O)OCc1nc(NC(=O)NC(C)c2ccccc2)cc2cnn(-c3ccc(F)cc3)c12. The number of carbonyl (C=O) groups excluding carboxylic acids is 2. The van der Waals surface area contributed by atoms with Crippen LogP contribution in [0.25, 0.3) is 16.6 Å². The molecule has 4 rings (SSSR count). The van der Waals surface area contributed by atoms with Crippen LogP contribution in [0.1, 0.15) is 31.1 Å². The summed E-state index contributed by atoms with van der Waals surface area (Å²) in [5, 5.41) is 13.2. The highest BCUT2D eigenvalue weighted by molar-refractivity contribution is 5.92. The number of aromatic nitrogens is 3. The number of amides is 3. The highest BCUT2D eigenvalue weighted by Gasteiger charge is 2.17. The summed E-state index contributed by atoms with van der Waals surface area (Å²) in [5.74, 6) is -0.103. The molecule has 0 spiro atoms. The van der Waals surface area contributed by atoms with E-state index in [0.717, 1.165) is 5.56 Å². The van der Waals surface area contributed by atoms with Crippen LogP contribution in [-0.2, 0) is 11.3 Å². The van der Waals surface area contributed by atoms with E-state index in [1.54, 1.807) is 36.0 Å². The number of alkyl carbamates (subject to hydrolysis) is 1. The number of pyridine rings is 1. The minimum absolute atomic E-state index is 0.160. The lowest BCUT2D eigenvalue weighted by Gasteiger charge is -2.15. The van der Waals surface area contributed by atoms with Gasteiger partial charge in [-0.05, 0) is 49.7 Å². The van der Waals surface area contributed by atoms with Crippen LogP contribution in [-0.4, -0.2) is 33.4 Å². The van der Waals surface area contributed by atoms with Crippen LogP contribution in [0.15, 0.2) is 66.9 Å². The molecule has 0 aliphatic carbocycles. The Bertz CT molecular complexity index is 1320. The third-order valence-electron chi connectivity index (χ3n) is 5.24. The number of carbonyl (C=O) groups is 2.